The Bertz CT molecular complexity index is 174. The fourth-order valence-electron chi connectivity index (χ4n) is 2.41. The van der Waals surface area contributed by atoms with Gasteiger partial charge in [-0.05, 0) is 50.5 Å². The number of rotatable bonds is 6. The highest BCUT2D eigenvalue weighted by molar-refractivity contribution is 6.74. The van der Waals surface area contributed by atoms with Crippen molar-refractivity contribution in [1.29, 1.82) is 0 Å². The molecule has 0 amide bonds. The fourth-order valence-corrected chi connectivity index (χ4v) is 5.60. The van der Waals surface area contributed by atoms with E-state index in [0.29, 0.717) is 0 Å². The molecule has 2 atom stereocenters. The van der Waals surface area contributed by atoms with E-state index in [-0.39, 0.29) is 0 Å². The molecule has 1 fully saturated rings. The molecule has 1 aliphatic rings. The van der Waals surface area contributed by atoms with Crippen molar-refractivity contribution in [1.82, 2.24) is 5.32 Å². The lowest BCUT2D eigenvalue weighted by atomic mass is 10.2. The highest BCUT2D eigenvalue weighted by Crippen LogP contribution is 2.32. The van der Waals surface area contributed by atoms with E-state index in [4.69, 9.17) is 9.16 Å². The van der Waals surface area contributed by atoms with E-state index >= 15 is 0 Å². The lowest BCUT2D eigenvalue weighted by Gasteiger charge is -2.37. The third kappa shape index (κ3) is 3.87. The Morgan fingerprint density at radius 3 is 2.73 bits per heavy atom. The molecule has 1 heterocycles. The SMILES string of the molecule is COCCC[Si](C)(OC)C1CCCNC1. The van der Waals surface area contributed by atoms with Gasteiger partial charge in [0.1, 0.15) is 0 Å². The predicted molar refractivity (Wildman–Crippen MR) is 65.8 cm³/mol. The maximum absolute atomic E-state index is 5.87. The van der Waals surface area contributed by atoms with Crippen molar-refractivity contribution in [3.05, 3.63) is 0 Å². The van der Waals surface area contributed by atoms with E-state index in [1.807, 2.05) is 7.11 Å². The monoisotopic (exact) mass is 231 g/mol. The van der Waals surface area contributed by atoms with Crippen molar-refractivity contribution < 1.29 is 9.16 Å². The van der Waals surface area contributed by atoms with Crippen LogP contribution in [0.15, 0.2) is 0 Å². The van der Waals surface area contributed by atoms with Crippen LogP contribution in [-0.2, 0) is 9.16 Å². The largest absolute Gasteiger partial charge is 0.420 e. The molecule has 0 aromatic heterocycles. The Morgan fingerprint density at radius 2 is 2.20 bits per heavy atom. The van der Waals surface area contributed by atoms with Gasteiger partial charge in [-0.25, -0.2) is 0 Å². The van der Waals surface area contributed by atoms with E-state index in [1.165, 1.54) is 25.4 Å². The van der Waals surface area contributed by atoms with Crippen LogP contribution in [0.25, 0.3) is 0 Å². The van der Waals surface area contributed by atoms with Crippen LogP contribution in [0.2, 0.25) is 18.1 Å². The van der Waals surface area contributed by atoms with Crippen LogP contribution in [-0.4, -0.2) is 42.2 Å². The molecule has 90 valence electrons. The van der Waals surface area contributed by atoms with Crippen molar-refractivity contribution in [2.24, 2.45) is 0 Å². The summed E-state index contributed by atoms with van der Waals surface area (Å²) in [6, 6.07) is 1.23. The van der Waals surface area contributed by atoms with Gasteiger partial charge in [-0.1, -0.05) is 0 Å². The van der Waals surface area contributed by atoms with Crippen molar-refractivity contribution >= 4 is 8.32 Å². The van der Waals surface area contributed by atoms with E-state index in [2.05, 4.69) is 11.9 Å². The first-order valence-corrected chi connectivity index (χ1v) is 8.67. The van der Waals surface area contributed by atoms with Crippen LogP contribution >= 0.6 is 0 Å². The van der Waals surface area contributed by atoms with Crippen LogP contribution in [0.5, 0.6) is 0 Å². The maximum Gasteiger partial charge on any atom is 0.193 e. The van der Waals surface area contributed by atoms with Crippen molar-refractivity contribution in [2.75, 3.05) is 33.9 Å². The van der Waals surface area contributed by atoms with E-state index in [0.717, 1.165) is 25.1 Å². The minimum Gasteiger partial charge on any atom is -0.420 e. The topological polar surface area (TPSA) is 30.5 Å². The van der Waals surface area contributed by atoms with Crippen molar-refractivity contribution in [3.8, 4) is 0 Å². The summed E-state index contributed by atoms with van der Waals surface area (Å²) in [7, 11) is 2.17. The number of piperidine rings is 1. The summed E-state index contributed by atoms with van der Waals surface area (Å²) < 4.78 is 11.0. The Hall–Kier alpha value is 0.0969. The highest BCUT2D eigenvalue weighted by atomic mass is 28.4. The molecule has 3 nitrogen and oxygen atoms in total. The second kappa shape index (κ2) is 6.63. The summed E-state index contributed by atoms with van der Waals surface area (Å²) in [5.74, 6) is 0. The van der Waals surface area contributed by atoms with Crippen LogP contribution < -0.4 is 5.32 Å². The second-order valence-electron chi connectivity index (χ2n) is 4.66. The molecule has 1 rings (SSSR count). The molecule has 4 heteroatoms. The number of ether oxygens (including phenoxy) is 1. The van der Waals surface area contributed by atoms with Gasteiger partial charge in [-0.15, -0.1) is 0 Å². The van der Waals surface area contributed by atoms with Crippen LogP contribution in [0.3, 0.4) is 0 Å². The first kappa shape index (κ1) is 13.2. The zero-order valence-corrected chi connectivity index (χ0v) is 11.3. The van der Waals surface area contributed by atoms with Gasteiger partial charge in [0.2, 0.25) is 0 Å². The summed E-state index contributed by atoms with van der Waals surface area (Å²) >= 11 is 0. The third-order valence-electron chi connectivity index (χ3n) is 3.65. The molecule has 1 saturated heterocycles. The quantitative estimate of drug-likeness (QED) is 0.560. The Morgan fingerprint density at radius 1 is 1.40 bits per heavy atom. The van der Waals surface area contributed by atoms with Gasteiger partial charge in [0.25, 0.3) is 0 Å². The average molecular weight is 231 g/mol. The van der Waals surface area contributed by atoms with Crippen LogP contribution in [0, 0.1) is 0 Å². The smallest absolute Gasteiger partial charge is 0.193 e. The number of hydrogen-bond donors (Lipinski definition) is 1. The Labute approximate surface area is 94.7 Å². The van der Waals surface area contributed by atoms with E-state index < -0.39 is 8.32 Å². The number of methoxy groups -OCH3 is 1. The summed E-state index contributed by atoms with van der Waals surface area (Å²) in [6.45, 7) is 5.58. The summed E-state index contributed by atoms with van der Waals surface area (Å²) in [5, 5.41) is 3.49. The Kier molecular flexibility index (Phi) is 5.82. The zero-order chi connectivity index (χ0) is 11.1. The van der Waals surface area contributed by atoms with Gasteiger partial charge in [0.05, 0.1) is 0 Å². The van der Waals surface area contributed by atoms with Crippen molar-refractivity contribution in [2.45, 2.75) is 37.4 Å². The molecule has 1 N–H and O–H groups in total. The summed E-state index contributed by atoms with van der Waals surface area (Å²) in [6.07, 6.45) is 3.79. The molecule has 15 heavy (non-hydrogen) atoms. The van der Waals surface area contributed by atoms with Crippen LogP contribution in [0.1, 0.15) is 19.3 Å². The summed E-state index contributed by atoms with van der Waals surface area (Å²) in [4.78, 5) is 0. The highest BCUT2D eigenvalue weighted by Gasteiger charge is 2.37. The molecule has 0 aromatic rings. The minimum atomic E-state index is -1.50. The third-order valence-corrected chi connectivity index (χ3v) is 8.15. The molecule has 0 aromatic carbocycles. The first-order chi connectivity index (χ1) is 7.23. The predicted octanol–water partition coefficient (Wildman–Crippen LogP) is 2.00. The molecule has 0 aliphatic carbocycles. The van der Waals surface area contributed by atoms with Crippen molar-refractivity contribution in [3.63, 3.8) is 0 Å². The van der Waals surface area contributed by atoms with E-state index in [9.17, 15) is 0 Å². The standard InChI is InChI=1S/C11H25NO2Si/c1-13-8-5-9-15(3,14-2)11-6-4-7-12-10-11/h11-12H,4-10H2,1-3H3. The Balaban J connectivity index is 2.41. The van der Waals surface area contributed by atoms with Gasteiger partial charge in [0.15, 0.2) is 8.32 Å². The maximum atomic E-state index is 5.87. The first-order valence-electron chi connectivity index (χ1n) is 5.98. The molecule has 0 spiro atoms. The molecule has 0 saturated carbocycles. The molecule has 0 bridgehead atoms. The molecular weight excluding hydrogens is 206 g/mol. The van der Waals surface area contributed by atoms with Gasteiger partial charge in [-0.3, -0.25) is 0 Å². The lowest BCUT2D eigenvalue weighted by Crippen LogP contribution is -2.46. The van der Waals surface area contributed by atoms with Gasteiger partial charge < -0.3 is 14.5 Å². The van der Waals surface area contributed by atoms with Crippen LogP contribution in [0.4, 0.5) is 0 Å². The zero-order valence-electron chi connectivity index (χ0n) is 10.3. The molecule has 0 radical (unpaired) electrons. The molecule has 2 unspecified atom stereocenters. The van der Waals surface area contributed by atoms with Gasteiger partial charge in [-0.2, -0.15) is 0 Å². The summed E-state index contributed by atoms with van der Waals surface area (Å²) in [5.41, 5.74) is 0.785. The minimum absolute atomic E-state index is 0.785. The fraction of sp³-hybridized carbons (Fsp3) is 1.00. The molecular formula is C11H25NO2Si. The molecule has 1 aliphatic heterocycles. The van der Waals surface area contributed by atoms with Gasteiger partial charge >= 0.3 is 0 Å². The lowest BCUT2D eigenvalue weighted by molar-refractivity contribution is 0.197. The normalized spacial score (nSPS) is 26.2. The van der Waals surface area contributed by atoms with E-state index in [1.54, 1.807) is 7.11 Å². The number of nitrogens with one attached hydrogen (secondary N) is 1. The second-order valence-corrected chi connectivity index (χ2v) is 9.01. The van der Waals surface area contributed by atoms with Gasteiger partial charge in [0, 0.05) is 20.8 Å². The number of hydrogen-bond acceptors (Lipinski definition) is 3. The average Bonchev–Trinajstić information content (AvgIpc) is 2.30.